The number of hydrogen-bond donors (Lipinski definition) is 2. The van der Waals surface area contributed by atoms with E-state index in [2.05, 4.69) is 31.7 Å². The molecule has 2 aromatic heterocycles. The molecule has 33 heavy (non-hydrogen) atoms. The molecule has 2 aromatic carbocycles. The number of pyridine rings is 1. The number of hydrogen-bond acceptors (Lipinski definition) is 6. The number of aromatic nitrogens is 3. The summed E-state index contributed by atoms with van der Waals surface area (Å²) in [7, 11) is -1.46. The van der Waals surface area contributed by atoms with Crippen LogP contribution >= 0.6 is 0 Å². The summed E-state index contributed by atoms with van der Waals surface area (Å²) in [6, 6.07) is 7.45. The van der Waals surface area contributed by atoms with Crippen LogP contribution in [0.3, 0.4) is 0 Å². The van der Waals surface area contributed by atoms with Crippen LogP contribution in [0.25, 0.3) is 11.0 Å². The number of H-pyrrole nitrogens is 1. The maximum Gasteiger partial charge on any atom is 0.262 e. The first-order valence-electron chi connectivity index (χ1n) is 9.36. The molecule has 8 nitrogen and oxygen atoms in total. The number of benzene rings is 2. The van der Waals surface area contributed by atoms with Gasteiger partial charge in [-0.3, -0.25) is 9.82 Å². The zero-order valence-corrected chi connectivity index (χ0v) is 18.1. The van der Waals surface area contributed by atoms with Gasteiger partial charge in [-0.1, -0.05) is 11.8 Å². The number of rotatable bonds is 5. The van der Waals surface area contributed by atoms with E-state index in [-0.39, 0.29) is 10.6 Å². The summed E-state index contributed by atoms with van der Waals surface area (Å²) in [4.78, 5) is 3.91. The Kier molecular flexibility index (Phi) is 5.85. The molecular formula is C22H16F2N4O4S. The van der Waals surface area contributed by atoms with Gasteiger partial charge in [0, 0.05) is 23.2 Å². The van der Waals surface area contributed by atoms with Gasteiger partial charge in [-0.15, -0.1) is 0 Å². The first-order valence-corrected chi connectivity index (χ1v) is 10.8. The van der Waals surface area contributed by atoms with Crippen molar-refractivity contribution in [3.05, 3.63) is 71.6 Å². The minimum atomic E-state index is -4.22. The maximum atomic E-state index is 15.0. The molecule has 2 N–H and O–H groups in total. The third kappa shape index (κ3) is 4.42. The molecule has 168 valence electrons. The topological polar surface area (TPSA) is 106 Å². The molecule has 4 aromatic rings. The van der Waals surface area contributed by atoms with Crippen LogP contribution in [0.1, 0.15) is 11.1 Å². The summed E-state index contributed by atoms with van der Waals surface area (Å²) in [6.07, 6.45) is 2.96. The molecule has 0 atom stereocenters. The van der Waals surface area contributed by atoms with Crippen molar-refractivity contribution in [3.8, 4) is 23.3 Å². The molecule has 0 saturated heterocycles. The molecular weight excluding hydrogens is 454 g/mol. The Balaban J connectivity index is 1.67. The van der Waals surface area contributed by atoms with Gasteiger partial charge >= 0.3 is 0 Å². The standard InChI is InChI=1S/C22H16F2N4O4S/c1-31-19-8-4-15(10-20(19)32-2)33(29,30)28-18-7-6-17(23)16(21(18)24)5-3-13-9-14-12-26-27-22(14)25-11-13/h4,6-12,28H,1-2H3,(H,25,26,27). The Bertz CT molecular complexity index is 1520. The number of fused-ring (bicyclic) bond motifs is 1. The van der Waals surface area contributed by atoms with Gasteiger partial charge in [-0.25, -0.2) is 22.2 Å². The number of ether oxygens (including phenoxy) is 2. The summed E-state index contributed by atoms with van der Waals surface area (Å²) in [6.45, 7) is 0. The van der Waals surface area contributed by atoms with Gasteiger partial charge in [-0.05, 0) is 30.3 Å². The molecule has 2 heterocycles. The van der Waals surface area contributed by atoms with Gasteiger partial charge in [0.05, 0.1) is 36.6 Å². The number of halogens is 2. The van der Waals surface area contributed by atoms with Crippen LogP contribution in [0, 0.1) is 23.5 Å². The summed E-state index contributed by atoms with van der Waals surface area (Å²) < 4.78 is 67.2. The van der Waals surface area contributed by atoms with E-state index in [0.717, 1.165) is 12.1 Å². The fourth-order valence-corrected chi connectivity index (χ4v) is 4.05. The second-order valence-electron chi connectivity index (χ2n) is 6.69. The minimum absolute atomic E-state index is 0.176. The highest BCUT2D eigenvalue weighted by molar-refractivity contribution is 7.92. The second kappa shape index (κ2) is 8.76. The highest BCUT2D eigenvalue weighted by atomic mass is 32.2. The van der Waals surface area contributed by atoms with Crippen molar-refractivity contribution in [2.45, 2.75) is 4.90 Å². The van der Waals surface area contributed by atoms with Crippen LogP contribution in [0.15, 0.2) is 53.7 Å². The number of anilines is 1. The zero-order valence-electron chi connectivity index (χ0n) is 17.3. The van der Waals surface area contributed by atoms with E-state index in [1.165, 1.54) is 44.8 Å². The molecule has 0 spiro atoms. The van der Waals surface area contributed by atoms with Crippen molar-refractivity contribution in [3.63, 3.8) is 0 Å². The maximum absolute atomic E-state index is 15.0. The first-order chi connectivity index (χ1) is 15.8. The number of aromatic amines is 1. The molecule has 0 fully saturated rings. The fourth-order valence-electron chi connectivity index (χ4n) is 2.97. The average molecular weight is 470 g/mol. The Morgan fingerprint density at radius 1 is 1.00 bits per heavy atom. The minimum Gasteiger partial charge on any atom is -0.493 e. The van der Waals surface area contributed by atoms with Gasteiger partial charge < -0.3 is 9.47 Å². The van der Waals surface area contributed by atoms with Crippen LogP contribution in [-0.2, 0) is 10.0 Å². The Morgan fingerprint density at radius 2 is 1.79 bits per heavy atom. The first kappa shape index (κ1) is 22.0. The molecule has 0 aliphatic carbocycles. The predicted octanol–water partition coefficient (Wildman–Crippen LogP) is 3.45. The summed E-state index contributed by atoms with van der Waals surface area (Å²) >= 11 is 0. The van der Waals surface area contributed by atoms with Gasteiger partial charge in [0.25, 0.3) is 10.0 Å². The largest absolute Gasteiger partial charge is 0.493 e. The number of methoxy groups -OCH3 is 2. The van der Waals surface area contributed by atoms with Crippen LogP contribution in [0.5, 0.6) is 11.5 Å². The van der Waals surface area contributed by atoms with E-state index in [0.29, 0.717) is 22.3 Å². The number of nitrogens with one attached hydrogen (secondary N) is 2. The Morgan fingerprint density at radius 3 is 2.55 bits per heavy atom. The lowest BCUT2D eigenvalue weighted by Gasteiger charge is -2.12. The van der Waals surface area contributed by atoms with E-state index >= 15 is 4.39 Å². The molecule has 0 unspecified atom stereocenters. The van der Waals surface area contributed by atoms with Gasteiger partial charge in [0.1, 0.15) is 5.82 Å². The lowest BCUT2D eigenvalue weighted by atomic mass is 10.1. The van der Waals surface area contributed by atoms with Gasteiger partial charge in [0.15, 0.2) is 23.0 Å². The van der Waals surface area contributed by atoms with Gasteiger partial charge in [-0.2, -0.15) is 5.10 Å². The molecule has 0 aliphatic rings. The normalized spacial score (nSPS) is 11.0. The van der Waals surface area contributed by atoms with Crippen LogP contribution in [0.2, 0.25) is 0 Å². The molecule has 0 amide bonds. The van der Waals surface area contributed by atoms with Crippen molar-refractivity contribution in [2.24, 2.45) is 0 Å². The van der Waals surface area contributed by atoms with Crippen LogP contribution in [0.4, 0.5) is 14.5 Å². The third-order valence-electron chi connectivity index (χ3n) is 4.62. The van der Waals surface area contributed by atoms with E-state index < -0.39 is 32.9 Å². The van der Waals surface area contributed by atoms with Crippen molar-refractivity contribution in [1.82, 2.24) is 15.2 Å². The van der Waals surface area contributed by atoms with Crippen molar-refractivity contribution < 1.29 is 26.7 Å². The average Bonchev–Trinajstić information content (AvgIpc) is 3.28. The summed E-state index contributed by atoms with van der Waals surface area (Å²) in [5, 5.41) is 7.21. The SMILES string of the molecule is COc1ccc(S(=O)(=O)Nc2ccc(F)c(C#Cc3cnc4[nH]ncc4c3)c2F)cc1OC. The second-order valence-corrected chi connectivity index (χ2v) is 8.37. The molecule has 0 aliphatic heterocycles. The van der Waals surface area contributed by atoms with E-state index in [1.54, 1.807) is 6.07 Å². The monoisotopic (exact) mass is 470 g/mol. The molecule has 0 saturated carbocycles. The van der Waals surface area contributed by atoms with E-state index in [9.17, 15) is 12.8 Å². The van der Waals surface area contributed by atoms with E-state index in [4.69, 9.17) is 9.47 Å². The lowest BCUT2D eigenvalue weighted by Crippen LogP contribution is -2.15. The van der Waals surface area contributed by atoms with Crippen LogP contribution in [-0.4, -0.2) is 37.8 Å². The summed E-state index contributed by atoms with van der Waals surface area (Å²) in [5.74, 6) is 3.46. The highest BCUT2D eigenvalue weighted by Crippen LogP contribution is 2.31. The van der Waals surface area contributed by atoms with Gasteiger partial charge in [0.2, 0.25) is 0 Å². The quantitative estimate of drug-likeness (QED) is 0.433. The fraction of sp³-hybridized carbons (Fsp3) is 0.0909. The summed E-state index contributed by atoms with van der Waals surface area (Å²) in [5.41, 5.74) is -0.0998. The van der Waals surface area contributed by atoms with Crippen molar-refractivity contribution >= 4 is 26.7 Å². The molecule has 0 radical (unpaired) electrons. The predicted molar refractivity (Wildman–Crippen MR) is 117 cm³/mol. The molecule has 11 heteroatoms. The smallest absolute Gasteiger partial charge is 0.262 e. The van der Waals surface area contributed by atoms with Crippen LogP contribution < -0.4 is 14.2 Å². The lowest BCUT2D eigenvalue weighted by molar-refractivity contribution is 0.354. The highest BCUT2D eigenvalue weighted by Gasteiger charge is 2.21. The molecule has 4 rings (SSSR count). The Labute approximate surface area is 187 Å². The third-order valence-corrected chi connectivity index (χ3v) is 5.99. The Hall–Kier alpha value is -4.17. The van der Waals surface area contributed by atoms with E-state index in [1.807, 2.05) is 0 Å². The van der Waals surface area contributed by atoms with Crippen molar-refractivity contribution in [1.29, 1.82) is 0 Å². The molecule has 0 bridgehead atoms. The number of nitrogens with zero attached hydrogens (tertiary/aromatic N) is 2. The zero-order chi connectivity index (χ0) is 23.6. The van der Waals surface area contributed by atoms with Crippen molar-refractivity contribution in [2.75, 3.05) is 18.9 Å². The number of sulfonamides is 1.